The van der Waals surface area contributed by atoms with Gasteiger partial charge in [0.15, 0.2) is 0 Å². The molecule has 37 heavy (non-hydrogen) atoms. The highest BCUT2D eigenvalue weighted by molar-refractivity contribution is 6.00. The largest absolute Gasteiger partial charge is 0.465 e. The van der Waals surface area contributed by atoms with Gasteiger partial charge in [-0.2, -0.15) is 0 Å². The van der Waals surface area contributed by atoms with Gasteiger partial charge in [-0.25, -0.2) is 9.59 Å². The van der Waals surface area contributed by atoms with E-state index in [4.69, 9.17) is 0 Å². The lowest BCUT2D eigenvalue weighted by atomic mass is 9.94. The van der Waals surface area contributed by atoms with Crippen LogP contribution in [0, 0.1) is 5.92 Å². The Balaban J connectivity index is 1.27. The SMILES string of the molecule is CN(CC1CCN(C(=O)O)CC1)C1CCN(c2cccc3c2n(C)c(=O)n3C2CCC(=O)NC2=O)CC1. The summed E-state index contributed by atoms with van der Waals surface area (Å²) in [5, 5.41) is 11.5. The van der Waals surface area contributed by atoms with Crippen LogP contribution in [0.2, 0.25) is 0 Å². The number of carbonyl (C=O) groups excluding carboxylic acids is 2. The molecule has 200 valence electrons. The second-order valence-electron chi connectivity index (χ2n) is 10.7. The number of likely N-dealkylation sites (tertiary alicyclic amines) is 1. The number of fused-ring (bicyclic) bond motifs is 1. The molecule has 0 saturated carbocycles. The molecule has 1 unspecified atom stereocenters. The smallest absolute Gasteiger partial charge is 0.407 e. The Hall–Kier alpha value is -3.34. The molecule has 11 nitrogen and oxygen atoms in total. The van der Waals surface area contributed by atoms with Crippen LogP contribution >= 0.6 is 0 Å². The summed E-state index contributed by atoms with van der Waals surface area (Å²) < 4.78 is 3.16. The van der Waals surface area contributed by atoms with Crippen molar-refractivity contribution in [2.45, 2.75) is 50.6 Å². The van der Waals surface area contributed by atoms with Crippen molar-refractivity contribution in [2.75, 3.05) is 44.7 Å². The molecular formula is C26H36N6O5. The first-order valence-electron chi connectivity index (χ1n) is 13.2. The fraction of sp³-hybridized carbons (Fsp3) is 0.615. The summed E-state index contributed by atoms with van der Waals surface area (Å²) in [5.74, 6) is -0.198. The molecule has 5 rings (SSSR count). The quantitative estimate of drug-likeness (QED) is 0.584. The normalized spacial score (nSPS) is 22.2. The number of imide groups is 1. The number of nitrogens with zero attached hydrogens (tertiary/aromatic N) is 5. The van der Waals surface area contributed by atoms with Gasteiger partial charge in [-0.1, -0.05) is 6.07 Å². The summed E-state index contributed by atoms with van der Waals surface area (Å²) in [6.45, 7) is 3.95. The molecule has 0 radical (unpaired) electrons. The van der Waals surface area contributed by atoms with Gasteiger partial charge in [0.2, 0.25) is 11.8 Å². The first-order valence-corrected chi connectivity index (χ1v) is 13.2. The first kappa shape index (κ1) is 25.3. The molecule has 1 atom stereocenters. The third kappa shape index (κ3) is 4.84. The second-order valence-corrected chi connectivity index (χ2v) is 10.7. The Kier molecular flexibility index (Phi) is 6.98. The van der Waals surface area contributed by atoms with E-state index in [1.807, 2.05) is 18.2 Å². The molecule has 4 heterocycles. The maximum Gasteiger partial charge on any atom is 0.407 e. The Morgan fingerprint density at radius 3 is 2.41 bits per heavy atom. The number of hydrogen-bond donors (Lipinski definition) is 2. The van der Waals surface area contributed by atoms with Crippen LogP contribution in [0.5, 0.6) is 0 Å². The van der Waals surface area contributed by atoms with Crippen LogP contribution in [0.1, 0.15) is 44.6 Å². The van der Waals surface area contributed by atoms with E-state index in [9.17, 15) is 24.3 Å². The lowest BCUT2D eigenvalue weighted by Gasteiger charge is -2.40. The first-order chi connectivity index (χ1) is 17.7. The van der Waals surface area contributed by atoms with Crippen molar-refractivity contribution in [3.8, 4) is 0 Å². The Morgan fingerprint density at radius 1 is 1.05 bits per heavy atom. The van der Waals surface area contributed by atoms with Crippen molar-refractivity contribution in [3.05, 3.63) is 28.7 Å². The van der Waals surface area contributed by atoms with E-state index in [2.05, 4.69) is 22.2 Å². The van der Waals surface area contributed by atoms with Gasteiger partial charge in [0.25, 0.3) is 0 Å². The number of hydrogen-bond acceptors (Lipinski definition) is 6. The number of anilines is 1. The number of nitrogens with one attached hydrogen (secondary N) is 1. The van der Waals surface area contributed by atoms with Crippen molar-refractivity contribution in [1.82, 2.24) is 24.3 Å². The number of piperidine rings is 3. The topological polar surface area (TPSA) is 120 Å². The fourth-order valence-electron chi connectivity index (χ4n) is 6.31. The minimum Gasteiger partial charge on any atom is -0.465 e. The zero-order valence-electron chi connectivity index (χ0n) is 21.6. The summed E-state index contributed by atoms with van der Waals surface area (Å²) in [6, 6.07) is 5.62. The molecule has 0 spiro atoms. The molecule has 1 aromatic heterocycles. The van der Waals surface area contributed by atoms with Crippen molar-refractivity contribution in [2.24, 2.45) is 13.0 Å². The molecule has 3 fully saturated rings. The van der Waals surface area contributed by atoms with Crippen molar-refractivity contribution in [3.63, 3.8) is 0 Å². The number of amides is 3. The minimum atomic E-state index is -0.820. The Labute approximate surface area is 215 Å². The second kappa shape index (κ2) is 10.2. The predicted octanol–water partition coefficient (Wildman–Crippen LogP) is 1.61. The molecule has 1 aromatic carbocycles. The number of para-hydroxylation sites is 1. The van der Waals surface area contributed by atoms with E-state index < -0.39 is 18.0 Å². The zero-order valence-corrected chi connectivity index (χ0v) is 21.6. The van der Waals surface area contributed by atoms with Crippen molar-refractivity contribution < 1.29 is 19.5 Å². The van der Waals surface area contributed by atoms with Crippen LogP contribution in [-0.2, 0) is 16.6 Å². The molecule has 0 aliphatic carbocycles. The minimum absolute atomic E-state index is 0.221. The van der Waals surface area contributed by atoms with Gasteiger partial charge in [0.05, 0.1) is 16.7 Å². The number of carbonyl (C=O) groups is 3. The van der Waals surface area contributed by atoms with Crippen LogP contribution in [0.3, 0.4) is 0 Å². The lowest BCUT2D eigenvalue weighted by Crippen LogP contribution is -2.46. The number of benzene rings is 1. The summed E-state index contributed by atoms with van der Waals surface area (Å²) >= 11 is 0. The third-order valence-corrected chi connectivity index (χ3v) is 8.46. The molecule has 2 aromatic rings. The van der Waals surface area contributed by atoms with Crippen LogP contribution < -0.4 is 15.9 Å². The van der Waals surface area contributed by atoms with E-state index in [1.54, 1.807) is 11.6 Å². The monoisotopic (exact) mass is 512 g/mol. The average molecular weight is 513 g/mol. The van der Waals surface area contributed by atoms with Crippen LogP contribution in [0.4, 0.5) is 10.5 Å². The number of aromatic nitrogens is 2. The van der Waals surface area contributed by atoms with Gasteiger partial charge in [0.1, 0.15) is 6.04 Å². The van der Waals surface area contributed by atoms with Gasteiger partial charge >= 0.3 is 11.8 Å². The number of carboxylic acid groups (broad SMARTS) is 1. The van der Waals surface area contributed by atoms with Crippen LogP contribution in [0.25, 0.3) is 11.0 Å². The standard InChI is InChI=1S/C26H36N6O5/c1-28(16-17-8-12-31(13-9-17)26(36)37)18-10-14-30(15-11-18)19-4-3-5-20-23(19)29(2)25(35)32(20)21-6-7-22(33)27-24(21)34/h3-5,17-18,21H,6-16H2,1-2H3,(H,36,37)(H,27,33,34). The van der Waals surface area contributed by atoms with Crippen LogP contribution in [-0.4, -0.2) is 87.8 Å². The number of aryl methyl sites for hydroxylation is 1. The average Bonchev–Trinajstić information content (AvgIpc) is 3.14. The molecule has 0 bridgehead atoms. The molecule has 3 aliphatic rings. The highest BCUT2D eigenvalue weighted by Gasteiger charge is 2.33. The van der Waals surface area contributed by atoms with Gasteiger partial charge < -0.3 is 19.8 Å². The predicted molar refractivity (Wildman–Crippen MR) is 139 cm³/mol. The maximum atomic E-state index is 13.2. The van der Waals surface area contributed by atoms with Crippen molar-refractivity contribution >= 4 is 34.6 Å². The highest BCUT2D eigenvalue weighted by atomic mass is 16.4. The summed E-state index contributed by atoms with van der Waals surface area (Å²) in [7, 11) is 3.92. The van der Waals surface area contributed by atoms with E-state index in [-0.39, 0.29) is 18.0 Å². The van der Waals surface area contributed by atoms with E-state index in [1.165, 1.54) is 9.47 Å². The summed E-state index contributed by atoms with van der Waals surface area (Å²) in [6.07, 6.45) is 3.55. The third-order valence-electron chi connectivity index (χ3n) is 8.46. The maximum absolute atomic E-state index is 13.2. The van der Waals surface area contributed by atoms with E-state index in [0.29, 0.717) is 37.0 Å². The number of rotatable bonds is 5. The van der Waals surface area contributed by atoms with E-state index >= 15 is 0 Å². The van der Waals surface area contributed by atoms with Gasteiger partial charge in [0, 0.05) is 52.2 Å². The zero-order chi connectivity index (χ0) is 26.3. The molecule has 3 amide bonds. The van der Waals surface area contributed by atoms with Gasteiger partial charge in [-0.15, -0.1) is 0 Å². The van der Waals surface area contributed by atoms with Crippen LogP contribution in [0.15, 0.2) is 23.0 Å². The van der Waals surface area contributed by atoms with Gasteiger partial charge in [-0.3, -0.25) is 24.0 Å². The molecule has 2 N–H and O–H groups in total. The molecule has 3 saturated heterocycles. The Morgan fingerprint density at radius 2 is 1.76 bits per heavy atom. The molecular weight excluding hydrogens is 476 g/mol. The van der Waals surface area contributed by atoms with Gasteiger partial charge in [-0.05, 0) is 57.2 Å². The molecule has 3 aliphatic heterocycles. The summed E-state index contributed by atoms with van der Waals surface area (Å²) in [5.41, 5.74) is 2.27. The summed E-state index contributed by atoms with van der Waals surface area (Å²) in [4.78, 5) is 54.9. The number of imidazole rings is 1. The highest BCUT2D eigenvalue weighted by Crippen LogP contribution is 2.32. The Bertz CT molecular complexity index is 1250. The lowest BCUT2D eigenvalue weighted by molar-refractivity contribution is -0.135. The van der Waals surface area contributed by atoms with E-state index in [0.717, 1.165) is 56.5 Å². The fourth-order valence-corrected chi connectivity index (χ4v) is 6.31. The van der Waals surface area contributed by atoms with Crippen molar-refractivity contribution in [1.29, 1.82) is 0 Å². The molecule has 11 heteroatoms.